The van der Waals surface area contributed by atoms with Crippen LogP contribution in [0.25, 0.3) is 0 Å². The third-order valence-electron chi connectivity index (χ3n) is 9.64. The third kappa shape index (κ3) is 43.6. The van der Waals surface area contributed by atoms with Crippen molar-refractivity contribution in [3.05, 3.63) is 60.8 Å². The summed E-state index contributed by atoms with van der Waals surface area (Å²) in [6.07, 6.45) is 48.9. The molecule has 0 amide bonds. The molecule has 0 saturated carbocycles. The van der Waals surface area contributed by atoms with Crippen LogP contribution in [0, 0.1) is 0 Å². The van der Waals surface area contributed by atoms with E-state index >= 15 is 0 Å². The van der Waals surface area contributed by atoms with Gasteiger partial charge in [-0.05, 0) is 83.5 Å². The van der Waals surface area contributed by atoms with E-state index in [1.165, 1.54) is 89.9 Å². The maximum atomic E-state index is 12.6. The summed E-state index contributed by atoms with van der Waals surface area (Å²) in [4.78, 5) is 35.1. The number of phosphoric ester groups is 1. The van der Waals surface area contributed by atoms with Gasteiger partial charge in [0.2, 0.25) is 0 Å². The van der Waals surface area contributed by atoms with E-state index in [4.69, 9.17) is 23.6 Å². The zero-order valence-corrected chi connectivity index (χ0v) is 38.1. The van der Waals surface area contributed by atoms with Crippen LogP contribution in [0.5, 0.6) is 0 Å². The second-order valence-electron chi connectivity index (χ2n) is 15.4. The van der Waals surface area contributed by atoms with E-state index in [0.717, 1.165) is 64.2 Å². The minimum absolute atomic E-state index is 0.144. The molecule has 59 heavy (non-hydrogen) atoms. The Hall–Kier alpha value is -2.33. The maximum absolute atomic E-state index is 12.6. The molecule has 0 heterocycles. The van der Waals surface area contributed by atoms with Crippen LogP contribution < -0.4 is 0 Å². The molecule has 11 heteroatoms. The van der Waals surface area contributed by atoms with E-state index in [1.807, 2.05) is 0 Å². The number of phosphoric acid groups is 1. The first-order chi connectivity index (χ1) is 28.7. The molecule has 0 aromatic heterocycles. The first kappa shape index (κ1) is 56.7. The Labute approximate surface area is 359 Å². The smallest absolute Gasteiger partial charge is 0.462 e. The lowest BCUT2D eigenvalue weighted by Gasteiger charge is -2.20. The second kappa shape index (κ2) is 43.7. The van der Waals surface area contributed by atoms with Crippen molar-refractivity contribution in [1.29, 1.82) is 0 Å². The molecule has 0 aromatic carbocycles. The van der Waals surface area contributed by atoms with Crippen molar-refractivity contribution in [3.63, 3.8) is 0 Å². The van der Waals surface area contributed by atoms with Gasteiger partial charge in [0.05, 0.1) is 19.8 Å². The number of unbranched alkanes of at least 4 members (excludes halogenated alkanes) is 19. The number of esters is 2. The molecule has 0 aliphatic heterocycles. The highest BCUT2D eigenvalue weighted by Gasteiger charge is 2.27. The molecule has 0 spiro atoms. The lowest BCUT2D eigenvalue weighted by molar-refractivity contribution is -0.161. The van der Waals surface area contributed by atoms with Crippen LogP contribution in [-0.2, 0) is 32.7 Å². The molecule has 3 atom stereocenters. The zero-order valence-electron chi connectivity index (χ0n) is 37.2. The van der Waals surface area contributed by atoms with E-state index in [0.29, 0.717) is 12.8 Å². The average molecular weight is 853 g/mol. The molecule has 342 valence electrons. The fourth-order valence-corrected chi connectivity index (χ4v) is 6.82. The maximum Gasteiger partial charge on any atom is 0.472 e. The molecule has 1 unspecified atom stereocenters. The minimum Gasteiger partial charge on any atom is -0.462 e. The standard InChI is InChI=1S/C48H85O10P/c1-3-5-7-9-11-13-15-17-19-21-22-24-26-28-30-32-34-36-38-40-48(52)58-46(44-57-59(53,54)56-42-45(50)41-49)43-55-47(51)39-37-35-33-31-29-27-25-23-20-18-16-14-12-10-8-6-4-2/h11,13,17-20,22,24,28,30,45-46,49-50H,3-10,12,14-16,21,23,25-27,29,31-44H2,1-2H3,(H,53,54)/b13-11-,19-17-,20-18-,24-22-,30-28-/t45-,46+/m0/s1. The number of hydrogen-bond donors (Lipinski definition) is 3. The van der Waals surface area contributed by atoms with Crippen molar-refractivity contribution in [1.82, 2.24) is 0 Å². The Kier molecular flexibility index (Phi) is 42.0. The van der Waals surface area contributed by atoms with Gasteiger partial charge in [-0.2, -0.15) is 0 Å². The molecule has 0 aliphatic rings. The van der Waals surface area contributed by atoms with Gasteiger partial charge in [-0.3, -0.25) is 18.6 Å². The van der Waals surface area contributed by atoms with Crippen LogP contribution in [0.2, 0.25) is 0 Å². The van der Waals surface area contributed by atoms with E-state index < -0.39 is 51.8 Å². The van der Waals surface area contributed by atoms with Gasteiger partial charge in [0.15, 0.2) is 6.10 Å². The first-order valence-corrected chi connectivity index (χ1v) is 24.7. The van der Waals surface area contributed by atoms with Crippen LogP contribution in [0.3, 0.4) is 0 Å². The van der Waals surface area contributed by atoms with Gasteiger partial charge >= 0.3 is 19.8 Å². The number of ether oxygens (including phenoxy) is 2. The SMILES string of the molecule is CCCCC/C=C\C/C=C\C/C=C\C/C=C\CCCCCC(=O)O[C@H](COC(=O)CCCCCCCCC/C=C\CCCCCCCC)COP(=O)(O)OC[C@@H](O)CO. The zero-order chi connectivity index (χ0) is 43.3. The molecule has 3 N–H and O–H groups in total. The lowest BCUT2D eigenvalue weighted by atomic mass is 10.1. The van der Waals surface area contributed by atoms with Crippen molar-refractivity contribution in [2.75, 3.05) is 26.4 Å². The summed E-state index contributed by atoms with van der Waals surface area (Å²) in [7, 11) is -4.63. The molecule has 10 nitrogen and oxygen atoms in total. The van der Waals surface area contributed by atoms with Gasteiger partial charge in [-0.25, -0.2) is 4.57 Å². The number of aliphatic hydroxyl groups excluding tert-OH is 2. The monoisotopic (exact) mass is 853 g/mol. The van der Waals surface area contributed by atoms with Gasteiger partial charge < -0.3 is 24.6 Å². The van der Waals surface area contributed by atoms with Crippen molar-refractivity contribution < 1.29 is 47.8 Å². The Morgan fingerprint density at radius 3 is 1.39 bits per heavy atom. The van der Waals surface area contributed by atoms with Crippen LogP contribution in [0.4, 0.5) is 0 Å². The van der Waals surface area contributed by atoms with E-state index in [1.54, 1.807) is 0 Å². The molecule has 0 bridgehead atoms. The molecular weight excluding hydrogens is 767 g/mol. The summed E-state index contributed by atoms with van der Waals surface area (Å²) < 4.78 is 32.7. The second-order valence-corrected chi connectivity index (χ2v) is 16.9. The lowest BCUT2D eigenvalue weighted by Crippen LogP contribution is -2.29. The van der Waals surface area contributed by atoms with E-state index in [-0.39, 0.29) is 19.4 Å². The summed E-state index contributed by atoms with van der Waals surface area (Å²) in [6.45, 7) is 2.31. The fraction of sp³-hybridized carbons (Fsp3) is 0.750. The highest BCUT2D eigenvalue weighted by atomic mass is 31.2. The molecule has 0 fully saturated rings. The predicted molar refractivity (Wildman–Crippen MR) is 242 cm³/mol. The minimum atomic E-state index is -4.63. The Morgan fingerprint density at radius 1 is 0.508 bits per heavy atom. The van der Waals surface area contributed by atoms with Crippen molar-refractivity contribution in [3.8, 4) is 0 Å². The van der Waals surface area contributed by atoms with Crippen LogP contribution in [-0.4, -0.2) is 65.7 Å². The van der Waals surface area contributed by atoms with Crippen LogP contribution in [0.1, 0.15) is 194 Å². The van der Waals surface area contributed by atoms with E-state index in [2.05, 4.69) is 74.6 Å². The molecular formula is C48H85O10P. The first-order valence-electron chi connectivity index (χ1n) is 23.2. The summed E-state index contributed by atoms with van der Waals surface area (Å²) in [6, 6.07) is 0. The number of carbonyl (C=O) groups is 2. The number of rotatable bonds is 43. The van der Waals surface area contributed by atoms with Crippen molar-refractivity contribution >= 4 is 19.8 Å². The van der Waals surface area contributed by atoms with Gasteiger partial charge in [0, 0.05) is 12.8 Å². The predicted octanol–water partition coefficient (Wildman–Crippen LogP) is 12.7. The third-order valence-corrected chi connectivity index (χ3v) is 10.6. The highest BCUT2D eigenvalue weighted by molar-refractivity contribution is 7.47. The Morgan fingerprint density at radius 2 is 0.881 bits per heavy atom. The molecule has 0 aliphatic carbocycles. The van der Waals surface area contributed by atoms with Gasteiger partial charge in [-0.1, -0.05) is 158 Å². The van der Waals surface area contributed by atoms with Crippen molar-refractivity contribution in [2.24, 2.45) is 0 Å². The van der Waals surface area contributed by atoms with Gasteiger partial charge in [0.1, 0.15) is 12.7 Å². The van der Waals surface area contributed by atoms with Gasteiger partial charge in [0.25, 0.3) is 0 Å². The number of allylic oxidation sites excluding steroid dienone is 10. The number of hydrogen-bond acceptors (Lipinski definition) is 9. The summed E-state index contributed by atoms with van der Waals surface area (Å²) >= 11 is 0. The Balaban J connectivity index is 4.34. The van der Waals surface area contributed by atoms with E-state index in [9.17, 15) is 24.2 Å². The normalized spacial score (nSPS) is 14.3. The van der Waals surface area contributed by atoms with Crippen LogP contribution >= 0.6 is 7.82 Å². The molecule has 0 aromatic rings. The van der Waals surface area contributed by atoms with Crippen molar-refractivity contribution in [2.45, 2.75) is 206 Å². The topological polar surface area (TPSA) is 149 Å². The summed E-state index contributed by atoms with van der Waals surface area (Å²) in [5, 5.41) is 18.4. The molecule has 0 rings (SSSR count). The number of aliphatic hydroxyl groups is 2. The fourth-order valence-electron chi connectivity index (χ4n) is 6.03. The largest absolute Gasteiger partial charge is 0.472 e. The molecule has 0 radical (unpaired) electrons. The quantitative estimate of drug-likeness (QED) is 0.0234. The average Bonchev–Trinajstić information content (AvgIpc) is 3.22. The van der Waals surface area contributed by atoms with Gasteiger partial charge in [-0.15, -0.1) is 0 Å². The Bertz CT molecular complexity index is 1160. The summed E-state index contributed by atoms with van der Waals surface area (Å²) in [5.41, 5.74) is 0. The highest BCUT2D eigenvalue weighted by Crippen LogP contribution is 2.43. The molecule has 0 saturated heterocycles. The van der Waals surface area contributed by atoms with Crippen LogP contribution in [0.15, 0.2) is 60.8 Å². The summed E-state index contributed by atoms with van der Waals surface area (Å²) in [5.74, 6) is -0.967. The number of carbonyl (C=O) groups excluding carboxylic acids is 2.